The minimum Gasteiger partial charge on any atom is -0.316 e. The van der Waals surface area contributed by atoms with Crippen molar-refractivity contribution < 1.29 is 8.42 Å². The highest BCUT2D eigenvalue weighted by Crippen LogP contribution is 2.17. The first kappa shape index (κ1) is 18.4. The van der Waals surface area contributed by atoms with Crippen molar-refractivity contribution >= 4 is 22.4 Å². The van der Waals surface area contributed by atoms with Crippen molar-refractivity contribution in [1.82, 2.24) is 10.0 Å². The second kappa shape index (κ2) is 7.85. The maximum atomic E-state index is 12.0. The lowest BCUT2D eigenvalue weighted by molar-refractivity contribution is 0.554. The Morgan fingerprint density at radius 2 is 1.63 bits per heavy atom. The lowest BCUT2D eigenvalue weighted by Gasteiger charge is -2.12. The zero-order valence-corrected chi connectivity index (χ0v) is 13.4. The van der Waals surface area contributed by atoms with Crippen LogP contribution in [0.4, 0.5) is 0 Å². The van der Waals surface area contributed by atoms with Gasteiger partial charge in [-0.1, -0.05) is 26.0 Å². The molecule has 0 aliphatic rings. The van der Waals surface area contributed by atoms with Crippen LogP contribution in [0.3, 0.4) is 0 Å². The molecule has 110 valence electrons. The number of halogens is 1. The summed E-state index contributed by atoms with van der Waals surface area (Å²) >= 11 is 0. The topological polar surface area (TPSA) is 58.2 Å². The van der Waals surface area contributed by atoms with Crippen LogP contribution in [0.25, 0.3) is 0 Å². The third-order valence-electron chi connectivity index (χ3n) is 2.93. The fraction of sp³-hybridized carbons (Fsp3) is 0.538. The largest absolute Gasteiger partial charge is 0.316 e. The summed E-state index contributed by atoms with van der Waals surface area (Å²) in [6, 6.07) is 7.14. The van der Waals surface area contributed by atoms with Crippen molar-refractivity contribution in [3.63, 3.8) is 0 Å². The molecule has 0 aromatic heterocycles. The molecular weight excluding hydrogens is 284 g/mol. The van der Waals surface area contributed by atoms with E-state index in [4.69, 9.17) is 0 Å². The van der Waals surface area contributed by atoms with E-state index in [0.29, 0.717) is 17.4 Å². The Kier molecular flexibility index (Phi) is 7.59. The van der Waals surface area contributed by atoms with Crippen LogP contribution in [0.1, 0.15) is 32.3 Å². The summed E-state index contributed by atoms with van der Waals surface area (Å²) in [7, 11) is -1.60. The van der Waals surface area contributed by atoms with Crippen LogP contribution in [-0.2, 0) is 10.0 Å². The highest BCUT2D eigenvalue weighted by molar-refractivity contribution is 7.89. The number of sulfonamides is 1. The number of rotatable bonds is 6. The number of benzene rings is 1. The lowest BCUT2D eigenvalue weighted by Crippen LogP contribution is -2.37. The molecule has 0 aliphatic carbocycles. The summed E-state index contributed by atoms with van der Waals surface area (Å²) in [6.45, 7) is 6.46. The summed E-state index contributed by atoms with van der Waals surface area (Å²) in [4.78, 5) is 0.315. The molecule has 1 aromatic carbocycles. The molecule has 0 amide bonds. The summed E-state index contributed by atoms with van der Waals surface area (Å²) < 4.78 is 26.6. The number of nitrogens with one attached hydrogen (secondary N) is 2. The van der Waals surface area contributed by atoms with Gasteiger partial charge in [-0.25, -0.2) is 13.1 Å². The van der Waals surface area contributed by atoms with E-state index < -0.39 is 10.0 Å². The smallest absolute Gasteiger partial charge is 0.240 e. The highest BCUT2D eigenvalue weighted by atomic mass is 35.5. The highest BCUT2D eigenvalue weighted by Gasteiger charge is 2.14. The van der Waals surface area contributed by atoms with Gasteiger partial charge in [0.15, 0.2) is 0 Å². The molecule has 4 nitrogen and oxygen atoms in total. The Morgan fingerprint density at radius 1 is 1.11 bits per heavy atom. The zero-order valence-electron chi connectivity index (χ0n) is 11.8. The van der Waals surface area contributed by atoms with Gasteiger partial charge < -0.3 is 5.32 Å². The second-order valence-electron chi connectivity index (χ2n) is 4.77. The maximum absolute atomic E-state index is 12.0. The Bertz CT molecular complexity index is 472. The molecule has 1 unspecified atom stereocenters. The minimum atomic E-state index is -3.40. The first-order chi connectivity index (χ1) is 8.36. The fourth-order valence-electron chi connectivity index (χ4n) is 1.45. The van der Waals surface area contributed by atoms with Crippen molar-refractivity contribution in [3.05, 3.63) is 29.8 Å². The van der Waals surface area contributed by atoms with E-state index >= 15 is 0 Å². The first-order valence-electron chi connectivity index (χ1n) is 6.13. The molecule has 0 radical (unpaired) electrons. The van der Waals surface area contributed by atoms with E-state index in [1.165, 1.54) is 0 Å². The van der Waals surface area contributed by atoms with Crippen molar-refractivity contribution in [3.8, 4) is 0 Å². The molecule has 1 atom stereocenters. The third kappa shape index (κ3) is 5.48. The van der Waals surface area contributed by atoms with Crippen LogP contribution in [0.5, 0.6) is 0 Å². The van der Waals surface area contributed by atoms with Crippen LogP contribution >= 0.6 is 12.4 Å². The van der Waals surface area contributed by atoms with E-state index in [1.54, 1.807) is 19.2 Å². The van der Waals surface area contributed by atoms with E-state index in [0.717, 1.165) is 5.56 Å². The SMILES string of the molecule is CNC(C)CNS(=O)(=O)c1ccc(C(C)C)cc1.Cl. The van der Waals surface area contributed by atoms with Crippen molar-refractivity contribution in [2.75, 3.05) is 13.6 Å². The summed E-state index contributed by atoms with van der Waals surface area (Å²) in [6.07, 6.45) is 0. The van der Waals surface area contributed by atoms with Gasteiger partial charge >= 0.3 is 0 Å². The Hall–Kier alpha value is -0.620. The quantitative estimate of drug-likeness (QED) is 0.846. The summed E-state index contributed by atoms with van der Waals surface area (Å²) in [5.74, 6) is 0.402. The normalized spacial score (nSPS) is 13.1. The molecular formula is C13H23ClN2O2S. The van der Waals surface area contributed by atoms with Gasteiger partial charge in [0.05, 0.1) is 4.90 Å². The van der Waals surface area contributed by atoms with E-state index in [1.807, 2.05) is 19.1 Å². The Labute approximate surface area is 122 Å². The van der Waals surface area contributed by atoms with Crippen molar-refractivity contribution in [2.45, 2.75) is 37.6 Å². The van der Waals surface area contributed by atoms with Gasteiger partial charge in [0.1, 0.15) is 0 Å². The first-order valence-corrected chi connectivity index (χ1v) is 7.62. The fourth-order valence-corrected chi connectivity index (χ4v) is 2.58. The van der Waals surface area contributed by atoms with Gasteiger partial charge in [-0.15, -0.1) is 12.4 Å². The summed E-state index contributed by atoms with van der Waals surface area (Å²) in [5, 5.41) is 2.99. The molecule has 1 rings (SSSR count). The molecule has 0 aliphatic heterocycles. The van der Waals surface area contributed by atoms with E-state index in [-0.39, 0.29) is 18.4 Å². The van der Waals surface area contributed by atoms with Crippen molar-refractivity contribution in [2.24, 2.45) is 0 Å². The molecule has 0 spiro atoms. The number of likely N-dealkylation sites (N-methyl/N-ethyl adjacent to an activating group) is 1. The maximum Gasteiger partial charge on any atom is 0.240 e. The van der Waals surface area contributed by atoms with Crippen LogP contribution in [0.2, 0.25) is 0 Å². The third-order valence-corrected chi connectivity index (χ3v) is 4.37. The van der Waals surface area contributed by atoms with Gasteiger partial charge in [-0.05, 0) is 37.6 Å². The Balaban J connectivity index is 0.00000324. The van der Waals surface area contributed by atoms with Crippen LogP contribution in [-0.4, -0.2) is 28.1 Å². The Morgan fingerprint density at radius 3 is 2.05 bits per heavy atom. The van der Waals surface area contributed by atoms with Gasteiger partial charge in [0.2, 0.25) is 10.0 Å². The van der Waals surface area contributed by atoms with Gasteiger partial charge in [-0.3, -0.25) is 0 Å². The molecule has 0 bridgehead atoms. The monoisotopic (exact) mass is 306 g/mol. The van der Waals surface area contributed by atoms with E-state index in [9.17, 15) is 8.42 Å². The molecule has 19 heavy (non-hydrogen) atoms. The predicted molar refractivity (Wildman–Crippen MR) is 81.5 cm³/mol. The van der Waals surface area contributed by atoms with E-state index in [2.05, 4.69) is 23.9 Å². The second-order valence-corrected chi connectivity index (χ2v) is 6.53. The zero-order chi connectivity index (χ0) is 13.8. The molecule has 0 fully saturated rings. The minimum absolute atomic E-state index is 0. The van der Waals surface area contributed by atoms with Crippen LogP contribution < -0.4 is 10.0 Å². The molecule has 0 heterocycles. The van der Waals surface area contributed by atoms with Gasteiger partial charge in [-0.2, -0.15) is 0 Å². The molecule has 6 heteroatoms. The van der Waals surface area contributed by atoms with Crippen LogP contribution in [0, 0.1) is 0 Å². The number of hydrogen-bond donors (Lipinski definition) is 2. The molecule has 1 aromatic rings. The van der Waals surface area contributed by atoms with Crippen LogP contribution in [0.15, 0.2) is 29.2 Å². The van der Waals surface area contributed by atoms with Crippen molar-refractivity contribution in [1.29, 1.82) is 0 Å². The average Bonchev–Trinajstić information content (AvgIpc) is 2.36. The van der Waals surface area contributed by atoms with Gasteiger partial charge in [0, 0.05) is 12.6 Å². The molecule has 0 saturated heterocycles. The molecule has 0 saturated carbocycles. The number of hydrogen-bond acceptors (Lipinski definition) is 3. The average molecular weight is 307 g/mol. The predicted octanol–water partition coefficient (Wildman–Crippen LogP) is 2.12. The van der Waals surface area contributed by atoms with Gasteiger partial charge in [0.25, 0.3) is 0 Å². The standard InChI is InChI=1S/C13H22N2O2S.ClH/c1-10(2)12-5-7-13(8-6-12)18(16,17)15-9-11(3)14-4;/h5-8,10-11,14-15H,9H2,1-4H3;1H. The molecule has 2 N–H and O–H groups in total. The lowest BCUT2D eigenvalue weighted by atomic mass is 10.0. The summed E-state index contributed by atoms with van der Waals surface area (Å²) in [5.41, 5.74) is 1.14.